The Morgan fingerprint density at radius 1 is 1.18 bits per heavy atom. The van der Waals surface area contributed by atoms with Crippen LogP contribution in [0.4, 0.5) is 0 Å². The van der Waals surface area contributed by atoms with E-state index in [0.717, 1.165) is 11.3 Å². The zero-order valence-electron chi connectivity index (χ0n) is 11.0. The van der Waals surface area contributed by atoms with Crippen LogP contribution in [0.1, 0.15) is 5.69 Å². The number of nitrogens with zero attached hydrogens (tertiary/aromatic N) is 1. The fourth-order valence-corrected chi connectivity index (χ4v) is 3.50. The van der Waals surface area contributed by atoms with Crippen molar-refractivity contribution in [1.29, 1.82) is 0 Å². The normalized spacial score (nSPS) is 16.2. The van der Waals surface area contributed by atoms with Crippen LogP contribution in [0.3, 0.4) is 0 Å². The number of carbonyl (C=O) groups is 1. The van der Waals surface area contributed by atoms with Crippen molar-refractivity contribution in [3.8, 4) is 11.3 Å². The maximum Gasteiger partial charge on any atom is 0.263 e. The molecule has 1 amide bonds. The average Bonchev–Trinajstić information content (AvgIpc) is 2.76. The molecule has 1 aromatic heterocycles. The predicted molar refractivity (Wildman–Crippen MR) is 96.0 cm³/mol. The van der Waals surface area contributed by atoms with E-state index in [-0.39, 0.29) is 5.91 Å². The second-order valence-electron chi connectivity index (χ2n) is 4.46. The molecule has 1 aliphatic heterocycles. The number of thiocarbonyl (C=S) groups is 1. The van der Waals surface area contributed by atoms with E-state index in [0.29, 0.717) is 25.0 Å². The van der Waals surface area contributed by atoms with Gasteiger partial charge in [-0.3, -0.25) is 4.79 Å². The van der Waals surface area contributed by atoms with Gasteiger partial charge in [0.25, 0.3) is 5.91 Å². The van der Waals surface area contributed by atoms with Crippen LogP contribution in [0, 0.1) is 0 Å². The Morgan fingerprint density at radius 2 is 1.91 bits per heavy atom. The van der Waals surface area contributed by atoms with Crippen LogP contribution < -0.4 is 5.32 Å². The number of amides is 1. The Morgan fingerprint density at radius 3 is 2.55 bits per heavy atom. The number of hydrogen-bond donors (Lipinski definition) is 1. The number of hydrogen-bond acceptors (Lipinski definition) is 4. The van der Waals surface area contributed by atoms with Gasteiger partial charge in [0.2, 0.25) is 0 Å². The molecule has 1 aliphatic rings. The molecule has 3 rings (SSSR count). The molecule has 1 fully saturated rings. The van der Waals surface area contributed by atoms with Gasteiger partial charge in [0.1, 0.15) is 4.32 Å². The Bertz CT molecular complexity index is 801. The van der Waals surface area contributed by atoms with Crippen molar-refractivity contribution in [3.05, 3.63) is 57.0 Å². The van der Waals surface area contributed by atoms with Crippen LogP contribution in [-0.4, -0.2) is 15.2 Å². The highest BCUT2D eigenvalue weighted by molar-refractivity contribution is 8.26. The molecule has 2 aromatic rings. The van der Waals surface area contributed by atoms with E-state index in [1.807, 2.05) is 18.2 Å². The van der Waals surface area contributed by atoms with Gasteiger partial charge in [0.05, 0.1) is 16.3 Å². The van der Waals surface area contributed by atoms with Gasteiger partial charge in [0, 0.05) is 15.6 Å². The molecule has 0 spiro atoms. The molecule has 0 atom stereocenters. The van der Waals surface area contributed by atoms with Crippen molar-refractivity contribution in [2.45, 2.75) is 0 Å². The van der Waals surface area contributed by atoms with Crippen LogP contribution in [0.25, 0.3) is 17.3 Å². The fourth-order valence-electron chi connectivity index (χ4n) is 1.95. The fraction of sp³-hybridized carbons (Fsp3) is 0. The van der Waals surface area contributed by atoms with Crippen LogP contribution in [0.2, 0.25) is 10.0 Å². The Labute approximate surface area is 146 Å². The van der Waals surface area contributed by atoms with Gasteiger partial charge in [-0.2, -0.15) is 0 Å². The Balaban J connectivity index is 1.98. The van der Waals surface area contributed by atoms with Gasteiger partial charge in [0.15, 0.2) is 0 Å². The molecule has 22 heavy (non-hydrogen) atoms. The zero-order valence-corrected chi connectivity index (χ0v) is 14.1. The maximum absolute atomic E-state index is 11.7. The topological polar surface area (TPSA) is 42.0 Å². The molecule has 3 nitrogen and oxygen atoms in total. The quantitative estimate of drug-likeness (QED) is 0.625. The zero-order chi connectivity index (χ0) is 15.7. The first-order chi connectivity index (χ1) is 10.5. The molecular formula is C15H8Cl2N2OS2. The van der Waals surface area contributed by atoms with E-state index in [4.69, 9.17) is 35.4 Å². The van der Waals surface area contributed by atoms with E-state index in [9.17, 15) is 4.79 Å². The van der Waals surface area contributed by atoms with Gasteiger partial charge < -0.3 is 5.32 Å². The number of nitrogens with one attached hydrogen (secondary N) is 1. The Hall–Kier alpha value is -1.40. The van der Waals surface area contributed by atoms with Crippen molar-refractivity contribution in [1.82, 2.24) is 10.3 Å². The third-order valence-corrected chi connectivity index (χ3v) is 4.45. The predicted octanol–water partition coefficient (Wildman–Crippen LogP) is 4.54. The number of pyridine rings is 1. The van der Waals surface area contributed by atoms with E-state index >= 15 is 0 Å². The third kappa shape index (κ3) is 3.50. The van der Waals surface area contributed by atoms with Gasteiger partial charge in [-0.05, 0) is 36.4 Å². The van der Waals surface area contributed by atoms with Crippen molar-refractivity contribution in [2.75, 3.05) is 0 Å². The van der Waals surface area contributed by atoms with Gasteiger partial charge in [-0.25, -0.2) is 4.98 Å². The van der Waals surface area contributed by atoms with E-state index in [1.165, 1.54) is 11.8 Å². The van der Waals surface area contributed by atoms with Crippen molar-refractivity contribution in [3.63, 3.8) is 0 Å². The van der Waals surface area contributed by atoms with Gasteiger partial charge >= 0.3 is 0 Å². The van der Waals surface area contributed by atoms with Crippen molar-refractivity contribution < 1.29 is 4.79 Å². The minimum absolute atomic E-state index is 0.201. The smallest absolute Gasteiger partial charge is 0.263 e. The third-order valence-electron chi connectivity index (χ3n) is 2.85. The second-order valence-corrected chi connectivity index (χ2v) is 7.05. The van der Waals surface area contributed by atoms with Gasteiger partial charge in [-0.15, -0.1) is 0 Å². The molecule has 1 aromatic carbocycles. The highest BCUT2D eigenvalue weighted by atomic mass is 35.5. The first-order valence-corrected chi connectivity index (χ1v) is 8.18. The SMILES string of the molecule is O=C1NC(=S)SC1=Cc1cccc(-c2cc(Cl)cc(Cl)c2)n1. The summed E-state index contributed by atoms with van der Waals surface area (Å²) in [5, 5.41) is 3.66. The summed E-state index contributed by atoms with van der Waals surface area (Å²) in [4.78, 5) is 16.7. The highest BCUT2D eigenvalue weighted by Crippen LogP contribution is 2.28. The van der Waals surface area contributed by atoms with E-state index in [2.05, 4.69) is 10.3 Å². The van der Waals surface area contributed by atoms with Crippen molar-refractivity contribution >= 4 is 63.5 Å². The monoisotopic (exact) mass is 366 g/mol. The minimum Gasteiger partial charge on any atom is -0.307 e. The molecule has 1 saturated heterocycles. The maximum atomic E-state index is 11.7. The van der Waals surface area contributed by atoms with Crippen LogP contribution in [0.5, 0.6) is 0 Å². The van der Waals surface area contributed by atoms with E-state index < -0.39 is 0 Å². The van der Waals surface area contributed by atoms with Crippen LogP contribution >= 0.6 is 47.2 Å². The Kier molecular flexibility index (Phi) is 4.49. The molecule has 110 valence electrons. The second kappa shape index (κ2) is 6.38. The summed E-state index contributed by atoms with van der Waals surface area (Å²) < 4.78 is 0.453. The summed E-state index contributed by atoms with van der Waals surface area (Å²) in [6.07, 6.45) is 1.70. The summed E-state index contributed by atoms with van der Waals surface area (Å²) in [5.74, 6) is -0.201. The molecule has 0 aliphatic carbocycles. The molecule has 7 heteroatoms. The first-order valence-electron chi connectivity index (χ1n) is 6.20. The highest BCUT2D eigenvalue weighted by Gasteiger charge is 2.22. The largest absolute Gasteiger partial charge is 0.307 e. The minimum atomic E-state index is -0.201. The number of thioether (sulfide) groups is 1. The van der Waals surface area contributed by atoms with Gasteiger partial charge in [-0.1, -0.05) is 53.2 Å². The number of rotatable bonds is 2. The molecule has 0 radical (unpaired) electrons. The first kappa shape index (κ1) is 15.5. The van der Waals surface area contributed by atoms with Crippen LogP contribution in [0.15, 0.2) is 41.3 Å². The molecule has 1 N–H and O–H groups in total. The lowest BCUT2D eigenvalue weighted by atomic mass is 10.1. The summed E-state index contributed by atoms with van der Waals surface area (Å²) in [7, 11) is 0. The number of benzene rings is 1. The summed E-state index contributed by atoms with van der Waals surface area (Å²) in [6.45, 7) is 0. The lowest BCUT2D eigenvalue weighted by molar-refractivity contribution is -0.115. The standard InChI is InChI=1S/C15H8Cl2N2OS2/c16-9-4-8(5-10(17)6-9)12-3-1-2-11(18-12)7-13-14(20)19-15(21)22-13/h1-7H,(H,19,20,21). The van der Waals surface area contributed by atoms with Crippen LogP contribution in [-0.2, 0) is 4.79 Å². The summed E-state index contributed by atoms with van der Waals surface area (Å²) in [6, 6.07) is 10.8. The number of aromatic nitrogens is 1. The molecule has 0 bridgehead atoms. The average molecular weight is 367 g/mol. The number of carbonyl (C=O) groups excluding carboxylic acids is 1. The molecule has 0 saturated carbocycles. The number of halogens is 2. The van der Waals surface area contributed by atoms with E-state index in [1.54, 1.807) is 24.3 Å². The van der Waals surface area contributed by atoms with Crippen molar-refractivity contribution in [2.24, 2.45) is 0 Å². The summed E-state index contributed by atoms with van der Waals surface area (Å²) >= 11 is 18.2. The molecule has 2 heterocycles. The summed E-state index contributed by atoms with van der Waals surface area (Å²) in [5.41, 5.74) is 2.21. The lowest BCUT2D eigenvalue weighted by Gasteiger charge is -2.04. The molecular weight excluding hydrogens is 359 g/mol. The lowest BCUT2D eigenvalue weighted by Crippen LogP contribution is -2.17. The molecule has 0 unspecified atom stereocenters.